The van der Waals surface area contributed by atoms with Crippen LogP contribution in [0.3, 0.4) is 0 Å². The highest BCUT2D eigenvalue weighted by atomic mass is 16.4. The number of aliphatic carboxylic acids is 1. The van der Waals surface area contributed by atoms with Crippen LogP contribution in [-0.2, 0) is 10.3 Å². The third-order valence-electron chi connectivity index (χ3n) is 2.56. The Morgan fingerprint density at radius 2 is 2.24 bits per heavy atom. The van der Waals surface area contributed by atoms with Gasteiger partial charge in [-0.25, -0.2) is 14.8 Å². The maximum Gasteiger partial charge on any atom is 0.328 e. The molecule has 2 heterocycles. The molecule has 1 N–H and O–H groups in total. The van der Waals surface area contributed by atoms with E-state index in [9.17, 15) is 4.79 Å². The molecule has 0 aliphatic carbocycles. The predicted octanol–water partition coefficient (Wildman–Crippen LogP) is 1.81. The maximum absolute atomic E-state index is 10.6. The third kappa shape index (κ3) is 2.18. The largest absolute Gasteiger partial charge is 0.478 e. The van der Waals surface area contributed by atoms with E-state index in [1.807, 2.05) is 30.5 Å². The number of imidazole rings is 1. The van der Waals surface area contributed by atoms with Crippen LogP contribution in [0.15, 0.2) is 36.8 Å². The SMILES string of the molecule is CC(C)(/C=C/C(=O)O)n1cnc2cccnc21. The van der Waals surface area contributed by atoms with Crippen molar-refractivity contribution in [1.29, 1.82) is 0 Å². The highest BCUT2D eigenvalue weighted by Gasteiger charge is 2.19. The van der Waals surface area contributed by atoms with Crippen molar-refractivity contribution in [2.45, 2.75) is 19.4 Å². The number of carbonyl (C=O) groups is 1. The molecule has 5 nitrogen and oxygen atoms in total. The van der Waals surface area contributed by atoms with E-state index in [0.717, 1.165) is 17.2 Å². The van der Waals surface area contributed by atoms with Crippen LogP contribution in [0.4, 0.5) is 0 Å². The van der Waals surface area contributed by atoms with Gasteiger partial charge in [-0.1, -0.05) is 6.08 Å². The summed E-state index contributed by atoms with van der Waals surface area (Å²) in [7, 11) is 0. The quantitative estimate of drug-likeness (QED) is 0.818. The molecule has 0 saturated carbocycles. The summed E-state index contributed by atoms with van der Waals surface area (Å²) in [6.07, 6.45) is 6.11. The van der Waals surface area contributed by atoms with Crippen LogP contribution < -0.4 is 0 Å². The molecule has 2 aromatic rings. The topological polar surface area (TPSA) is 68.0 Å². The lowest BCUT2D eigenvalue weighted by Crippen LogP contribution is -2.23. The van der Waals surface area contributed by atoms with Gasteiger partial charge < -0.3 is 9.67 Å². The highest BCUT2D eigenvalue weighted by Crippen LogP contribution is 2.21. The lowest BCUT2D eigenvalue weighted by atomic mass is 10.0. The molecule has 0 atom stereocenters. The first-order chi connectivity index (χ1) is 8.00. The van der Waals surface area contributed by atoms with Gasteiger partial charge in [0.1, 0.15) is 5.52 Å². The van der Waals surface area contributed by atoms with E-state index in [1.165, 1.54) is 0 Å². The summed E-state index contributed by atoms with van der Waals surface area (Å²) < 4.78 is 1.85. The Hall–Kier alpha value is -2.17. The summed E-state index contributed by atoms with van der Waals surface area (Å²) >= 11 is 0. The molecular weight excluding hydrogens is 218 g/mol. The standard InChI is InChI=1S/C12H13N3O2/c1-12(2,6-5-10(16)17)15-8-14-9-4-3-7-13-11(9)15/h3-8H,1-2H3,(H,16,17)/b6-5+. The van der Waals surface area contributed by atoms with Crippen molar-refractivity contribution in [3.8, 4) is 0 Å². The average molecular weight is 231 g/mol. The highest BCUT2D eigenvalue weighted by molar-refractivity contribution is 5.80. The average Bonchev–Trinajstić information content (AvgIpc) is 2.71. The summed E-state index contributed by atoms with van der Waals surface area (Å²) in [5, 5.41) is 8.66. The molecule has 0 saturated heterocycles. The monoisotopic (exact) mass is 231 g/mol. The van der Waals surface area contributed by atoms with Crippen molar-refractivity contribution >= 4 is 17.1 Å². The van der Waals surface area contributed by atoms with Gasteiger partial charge in [-0.15, -0.1) is 0 Å². The van der Waals surface area contributed by atoms with Crippen molar-refractivity contribution < 1.29 is 9.90 Å². The van der Waals surface area contributed by atoms with Crippen molar-refractivity contribution in [2.75, 3.05) is 0 Å². The first kappa shape index (κ1) is 11.3. The number of allylic oxidation sites excluding steroid dienone is 1. The number of rotatable bonds is 3. The minimum absolute atomic E-state index is 0.485. The van der Waals surface area contributed by atoms with Gasteiger partial charge in [0.2, 0.25) is 0 Å². The molecular formula is C12H13N3O2. The van der Waals surface area contributed by atoms with Crippen LogP contribution in [0.25, 0.3) is 11.2 Å². The molecule has 2 aromatic heterocycles. The molecule has 0 radical (unpaired) electrons. The van der Waals surface area contributed by atoms with Gasteiger partial charge in [0, 0.05) is 12.3 Å². The molecule has 5 heteroatoms. The second kappa shape index (κ2) is 4.01. The molecule has 0 amide bonds. The molecule has 0 aromatic carbocycles. The van der Waals surface area contributed by atoms with Gasteiger partial charge in [0.05, 0.1) is 11.9 Å². The molecule has 17 heavy (non-hydrogen) atoms. The molecule has 0 spiro atoms. The first-order valence-corrected chi connectivity index (χ1v) is 5.21. The fraction of sp³-hybridized carbons (Fsp3) is 0.250. The van der Waals surface area contributed by atoms with Gasteiger partial charge in [-0.2, -0.15) is 0 Å². The number of hydrogen-bond acceptors (Lipinski definition) is 3. The van der Waals surface area contributed by atoms with Crippen LogP contribution in [0.5, 0.6) is 0 Å². The second-order valence-corrected chi connectivity index (χ2v) is 4.29. The van der Waals surface area contributed by atoms with Gasteiger partial charge >= 0.3 is 5.97 Å². The number of aromatic nitrogens is 3. The Labute approximate surface area is 98.4 Å². The lowest BCUT2D eigenvalue weighted by Gasteiger charge is -2.22. The fourth-order valence-corrected chi connectivity index (χ4v) is 1.63. The van der Waals surface area contributed by atoms with E-state index in [4.69, 9.17) is 5.11 Å². The van der Waals surface area contributed by atoms with Crippen LogP contribution in [0, 0.1) is 0 Å². The van der Waals surface area contributed by atoms with E-state index in [-0.39, 0.29) is 0 Å². The molecule has 0 aliphatic heterocycles. The smallest absolute Gasteiger partial charge is 0.328 e. The van der Waals surface area contributed by atoms with Crippen molar-refractivity contribution in [2.24, 2.45) is 0 Å². The van der Waals surface area contributed by atoms with Crippen LogP contribution >= 0.6 is 0 Å². The molecule has 0 bridgehead atoms. The molecule has 88 valence electrons. The molecule has 0 fully saturated rings. The summed E-state index contributed by atoms with van der Waals surface area (Å²) in [6.45, 7) is 3.81. The zero-order valence-corrected chi connectivity index (χ0v) is 9.66. The number of nitrogens with zero attached hydrogens (tertiary/aromatic N) is 3. The zero-order chi connectivity index (χ0) is 12.5. The second-order valence-electron chi connectivity index (χ2n) is 4.29. The van der Waals surface area contributed by atoms with Crippen molar-refractivity contribution in [1.82, 2.24) is 14.5 Å². The van der Waals surface area contributed by atoms with Gasteiger partial charge in [0.25, 0.3) is 0 Å². The number of carboxylic acid groups (broad SMARTS) is 1. The van der Waals surface area contributed by atoms with Crippen molar-refractivity contribution in [3.63, 3.8) is 0 Å². The lowest BCUT2D eigenvalue weighted by molar-refractivity contribution is -0.131. The van der Waals surface area contributed by atoms with Crippen LogP contribution in [0.2, 0.25) is 0 Å². The summed E-state index contributed by atoms with van der Waals surface area (Å²) in [5.74, 6) is -0.963. The van der Waals surface area contributed by atoms with Gasteiger partial charge in [-0.05, 0) is 26.0 Å². The Bertz CT molecular complexity index is 584. The summed E-state index contributed by atoms with van der Waals surface area (Å²) in [6, 6.07) is 3.69. The van der Waals surface area contributed by atoms with E-state index >= 15 is 0 Å². The van der Waals surface area contributed by atoms with Crippen LogP contribution in [-0.4, -0.2) is 25.6 Å². The number of hydrogen-bond donors (Lipinski definition) is 1. The van der Waals surface area contributed by atoms with E-state index in [2.05, 4.69) is 9.97 Å². The first-order valence-electron chi connectivity index (χ1n) is 5.21. The molecule has 0 aliphatic rings. The minimum Gasteiger partial charge on any atom is -0.478 e. The third-order valence-corrected chi connectivity index (χ3v) is 2.56. The predicted molar refractivity (Wildman–Crippen MR) is 63.6 cm³/mol. The Kier molecular flexibility index (Phi) is 2.67. The van der Waals surface area contributed by atoms with Crippen molar-refractivity contribution in [3.05, 3.63) is 36.8 Å². The number of pyridine rings is 1. The Morgan fingerprint density at radius 3 is 2.94 bits per heavy atom. The van der Waals surface area contributed by atoms with Gasteiger partial charge in [0.15, 0.2) is 5.65 Å². The van der Waals surface area contributed by atoms with E-state index < -0.39 is 11.5 Å². The zero-order valence-electron chi connectivity index (χ0n) is 9.66. The normalized spacial score (nSPS) is 12.4. The van der Waals surface area contributed by atoms with E-state index in [1.54, 1.807) is 18.6 Å². The number of carboxylic acids is 1. The minimum atomic E-state index is -0.963. The van der Waals surface area contributed by atoms with Crippen LogP contribution in [0.1, 0.15) is 13.8 Å². The summed E-state index contributed by atoms with van der Waals surface area (Å²) in [4.78, 5) is 19.0. The molecule has 0 unspecified atom stereocenters. The Balaban J connectivity index is 2.48. The number of fused-ring (bicyclic) bond motifs is 1. The summed E-state index contributed by atoms with van der Waals surface area (Å²) in [5.41, 5.74) is 1.05. The maximum atomic E-state index is 10.6. The molecule has 2 rings (SSSR count). The Morgan fingerprint density at radius 1 is 1.47 bits per heavy atom. The fourth-order valence-electron chi connectivity index (χ4n) is 1.63. The van der Waals surface area contributed by atoms with Gasteiger partial charge in [-0.3, -0.25) is 0 Å². The van der Waals surface area contributed by atoms with E-state index in [0.29, 0.717) is 0 Å².